The molecule has 7 nitrogen and oxygen atoms in total. The van der Waals surface area contributed by atoms with E-state index in [1.54, 1.807) is 0 Å². The van der Waals surface area contributed by atoms with Crippen LogP contribution in [-0.4, -0.2) is 51.6 Å². The molecule has 30 heavy (non-hydrogen) atoms. The zero-order chi connectivity index (χ0) is 20.6. The number of benzene rings is 1. The Balaban J connectivity index is 1.49. The molecule has 0 radical (unpaired) electrons. The van der Waals surface area contributed by atoms with E-state index in [4.69, 9.17) is 4.98 Å². The van der Waals surface area contributed by atoms with Crippen LogP contribution in [0.2, 0.25) is 0 Å². The van der Waals surface area contributed by atoms with Crippen LogP contribution in [0.15, 0.2) is 30.3 Å². The van der Waals surface area contributed by atoms with Gasteiger partial charge in [0.1, 0.15) is 0 Å². The molecule has 1 aliphatic heterocycles. The van der Waals surface area contributed by atoms with Gasteiger partial charge >= 0.3 is 0 Å². The van der Waals surface area contributed by atoms with Crippen molar-refractivity contribution < 1.29 is 0 Å². The third-order valence-corrected chi connectivity index (χ3v) is 6.25. The van der Waals surface area contributed by atoms with E-state index in [1.165, 1.54) is 57.9 Å². The number of para-hydroxylation sites is 1. The Kier molecular flexibility index (Phi) is 7.34. The van der Waals surface area contributed by atoms with Gasteiger partial charge in [-0.1, -0.05) is 50.8 Å². The lowest BCUT2D eigenvalue weighted by atomic mass is 10.1. The van der Waals surface area contributed by atoms with E-state index in [0.29, 0.717) is 29.9 Å². The van der Waals surface area contributed by atoms with Crippen LogP contribution in [0.5, 0.6) is 0 Å². The molecular weight excluding hydrogens is 374 g/mol. The van der Waals surface area contributed by atoms with Gasteiger partial charge < -0.3 is 16.0 Å². The molecule has 1 aliphatic carbocycles. The molecule has 1 aromatic carbocycles. The molecule has 0 spiro atoms. The molecule has 1 atom stereocenters. The van der Waals surface area contributed by atoms with Gasteiger partial charge in [0.05, 0.1) is 0 Å². The van der Waals surface area contributed by atoms with Crippen molar-refractivity contribution in [2.75, 3.05) is 35.6 Å². The molecule has 1 saturated heterocycles. The number of rotatable bonds is 8. The third kappa shape index (κ3) is 5.81. The van der Waals surface area contributed by atoms with E-state index in [9.17, 15) is 0 Å². The Labute approximate surface area is 180 Å². The van der Waals surface area contributed by atoms with Crippen molar-refractivity contribution in [1.29, 1.82) is 0 Å². The second-order valence-electron chi connectivity index (χ2n) is 8.44. The van der Waals surface area contributed by atoms with Crippen LogP contribution in [0.3, 0.4) is 0 Å². The van der Waals surface area contributed by atoms with Crippen molar-refractivity contribution >= 4 is 23.5 Å². The molecule has 2 heterocycles. The van der Waals surface area contributed by atoms with Crippen molar-refractivity contribution in [2.24, 2.45) is 0 Å². The predicted octanol–water partition coefficient (Wildman–Crippen LogP) is 4.65. The fraction of sp³-hybridized carbons (Fsp3) is 0.609. The minimum atomic E-state index is 0.442. The lowest BCUT2D eigenvalue weighted by Gasteiger charge is -2.23. The molecule has 7 heteroatoms. The van der Waals surface area contributed by atoms with Gasteiger partial charge in [0.25, 0.3) is 0 Å². The Morgan fingerprint density at radius 3 is 2.37 bits per heavy atom. The maximum absolute atomic E-state index is 4.71. The van der Waals surface area contributed by atoms with Crippen LogP contribution in [0.25, 0.3) is 0 Å². The summed E-state index contributed by atoms with van der Waals surface area (Å²) in [7, 11) is 0. The highest BCUT2D eigenvalue weighted by Gasteiger charge is 2.23. The van der Waals surface area contributed by atoms with Crippen molar-refractivity contribution in [2.45, 2.75) is 70.4 Å². The number of nitrogens with zero attached hydrogens (tertiary/aromatic N) is 4. The number of likely N-dealkylation sites (tertiary alicyclic amines) is 1. The predicted molar refractivity (Wildman–Crippen MR) is 123 cm³/mol. The fourth-order valence-corrected chi connectivity index (χ4v) is 4.58. The number of hydrogen-bond donors (Lipinski definition) is 3. The second kappa shape index (κ2) is 10.6. The monoisotopic (exact) mass is 409 g/mol. The number of nitrogens with one attached hydrogen (secondary N) is 3. The smallest absolute Gasteiger partial charge is 0.233 e. The lowest BCUT2D eigenvalue weighted by Crippen LogP contribution is -2.35. The van der Waals surface area contributed by atoms with Crippen molar-refractivity contribution in [3.05, 3.63) is 30.3 Å². The summed E-state index contributed by atoms with van der Waals surface area (Å²) in [4.78, 5) is 16.6. The Morgan fingerprint density at radius 2 is 1.60 bits per heavy atom. The summed E-state index contributed by atoms with van der Waals surface area (Å²) in [6, 6.07) is 11.1. The van der Waals surface area contributed by atoms with Crippen LogP contribution >= 0.6 is 0 Å². The Morgan fingerprint density at radius 1 is 0.867 bits per heavy atom. The molecule has 1 aromatic heterocycles. The van der Waals surface area contributed by atoms with E-state index < -0.39 is 0 Å². The molecule has 2 aromatic rings. The van der Waals surface area contributed by atoms with Gasteiger partial charge in [-0.05, 0) is 50.9 Å². The minimum absolute atomic E-state index is 0.442. The van der Waals surface area contributed by atoms with Gasteiger partial charge in [-0.25, -0.2) is 0 Å². The summed E-state index contributed by atoms with van der Waals surface area (Å²) < 4.78 is 0. The average Bonchev–Trinajstić information content (AvgIpc) is 3.08. The lowest BCUT2D eigenvalue weighted by molar-refractivity contribution is 0.277. The van der Waals surface area contributed by atoms with E-state index >= 15 is 0 Å². The average molecular weight is 410 g/mol. The third-order valence-electron chi connectivity index (χ3n) is 6.25. The van der Waals surface area contributed by atoms with E-state index in [0.717, 1.165) is 18.8 Å². The molecule has 2 fully saturated rings. The van der Waals surface area contributed by atoms with E-state index in [1.807, 2.05) is 30.3 Å². The van der Waals surface area contributed by atoms with Gasteiger partial charge in [0, 0.05) is 24.3 Å². The standard InChI is InChI=1S/C23H35N7/c1-2-30-16-10-15-20(30)17-24-21-27-22(25-18-11-6-3-4-7-12-18)29-23(28-21)26-19-13-8-5-9-14-19/h5,8-9,13-14,18,20H,2-4,6-7,10-12,15-17H2,1H3,(H3,24,25,26,27,28,29)/t20-/m1/s1. The fourth-order valence-electron chi connectivity index (χ4n) is 4.58. The number of likely N-dealkylation sites (N-methyl/N-ethyl adjacent to an activating group) is 1. The molecule has 1 saturated carbocycles. The van der Waals surface area contributed by atoms with Gasteiger partial charge in [-0.15, -0.1) is 0 Å². The van der Waals surface area contributed by atoms with Gasteiger partial charge in [0.15, 0.2) is 0 Å². The topological polar surface area (TPSA) is 78.0 Å². The summed E-state index contributed by atoms with van der Waals surface area (Å²) in [5.41, 5.74) is 0.975. The summed E-state index contributed by atoms with van der Waals surface area (Å²) >= 11 is 0. The zero-order valence-electron chi connectivity index (χ0n) is 18.1. The first kappa shape index (κ1) is 20.8. The number of aromatic nitrogens is 3. The Hall–Kier alpha value is -2.41. The molecule has 0 bridgehead atoms. The van der Waals surface area contributed by atoms with E-state index in [-0.39, 0.29) is 0 Å². The van der Waals surface area contributed by atoms with Crippen LogP contribution in [0, 0.1) is 0 Å². The quantitative estimate of drug-likeness (QED) is 0.548. The van der Waals surface area contributed by atoms with E-state index in [2.05, 4.69) is 37.7 Å². The molecule has 0 amide bonds. The van der Waals surface area contributed by atoms with Crippen LogP contribution in [0.1, 0.15) is 58.3 Å². The minimum Gasteiger partial charge on any atom is -0.352 e. The summed E-state index contributed by atoms with van der Waals surface area (Å²) in [5.74, 6) is 1.88. The highest BCUT2D eigenvalue weighted by Crippen LogP contribution is 2.22. The normalized spacial score (nSPS) is 20.6. The highest BCUT2D eigenvalue weighted by atomic mass is 15.3. The first-order valence-corrected chi connectivity index (χ1v) is 11.6. The van der Waals surface area contributed by atoms with Crippen LogP contribution in [0.4, 0.5) is 23.5 Å². The molecular formula is C23H35N7. The molecule has 2 aliphatic rings. The van der Waals surface area contributed by atoms with Crippen molar-refractivity contribution in [3.8, 4) is 0 Å². The zero-order valence-corrected chi connectivity index (χ0v) is 18.1. The highest BCUT2D eigenvalue weighted by molar-refractivity contribution is 5.55. The molecule has 4 rings (SSSR count). The molecule has 162 valence electrons. The summed E-state index contributed by atoms with van der Waals surface area (Å²) in [6.07, 6.45) is 10.1. The summed E-state index contributed by atoms with van der Waals surface area (Å²) in [6.45, 7) is 5.39. The SMILES string of the molecule is CCN1CCC[C@@H]1CNc1nc(Nc2ccccc2)nc(NC2CCCCCC2)n1. The van der Waals surface area contributed by atoms with Gasteiger partial charge in [-0.2, -0.15) is 15.0 Å². The first-order chi connectivity index (χ1) is 14.8. The summed E-state index contributed by atoms with van der Waals surface area (Å²) in [5, 5.41) is 10.4. The van der Waals surface area contributed by atoms with Gasteiger partial charge in [-0.3, -0.25) is 4.90 Å². The van der Waals surface area contributed by atoms with Gasteiger partial charge in [0.2, 0.25) is 17.8 Å². The van der Waals surface area contributed by atoms with Crippen molar-refractivity contribution in [1.82, 2.24) is 19.9 Å². The van der Waals surface area contributed by atoms with Crippen molar-refractivity contribution in [3.63, 3.8) is 0 Å². The second-order valence-corrected chi connectivity index (χ2v) is 8.44. The number of hydrogen-bond acceptors (Lipinski definition) is 7. The first-order valence-electron chi connectivity index (χ1n) is 11.6. The number of anilines is 4. The molecule has 3 N–H and O–H groups in total. The largest absolute Gasteiger partial charge is 0.352 e. The maximum atomic E-state index is 4.71. The van der Waals surface area contributed by atoms with Crippen LogP contribution in [-0.2, 0) is 0 Å². The molecule has 0 unspecified atom stereocenters. The maximum Gasteiger partial charge on any atom is 0.233 e. The van der Waals surface area contributed by atoms with Crippen LogP contribution < -0.4 is 16.0 Å². The Bertz CT molecular complexity index is 774.